The SMILES string of the molecule is CCCC(C)NCC(C)N1CCN(C)c2ccccc21. The van der Waals surface area contributed by atoms with Gasteiger partial charge in [-0.2, -0.15) is 0 Å². The average molecular weight is 275 g/mol. The number of hydrogen-bond acceptors (Lipinski definition) is 3. The first-order valence-corrected chi connectivity index (χ1v) is 7.93. The minimum atomic E-state index is 0.532. The Hall–Kier alpha value is -1.22. The Morgan fingerprint density at radius 1 is 1.15 bits per heavy atom. The number of rotatable bonds is 6. The van der Waals surface area contributed by atoms with Gasteiger partial charge in [-0.3, -0.25) is 0 Å². The summed E-state index contributed by atoms with van der Waals surface area (Å²) >= 11 is 0. The Morgan fingerprint density at radius 3 is 2.55 bits per heavy atom. The lowest BCUT2D eigenvalue weighted by Gasteiger charge is -2.40. The molecule has 1 aliphatic heterocycles. The lowest BCUT2D eigenvalue weighted by atomic mass is 10.1. The van der Waals surface area contributed by atoms with E-state index in [-0.39, 0.29) is 0 Å². The van der Waals surface area contributed by atoms with E-state index in [0.717, 1.165) is 19.6 Å². The predicted molar refractivity (Wildman–Crippen MR) is 88.9 cm³/mol. The monoisotopic (exact) mass is 275 g/mol. The second-order valence-electron chi connectivity index (χ2n) is 6.05. The van der Waals surface area contributed by atoms with Gasteiger partial charge in [0.05, 0.1) is 11.4 Å². The standard InChI is InChI=1S/C17H29N3/c1-5-8-14(2)18-13-15(3)20-12-11-19(4)16-9-6-7-10-17(16)20/h6-7,9-10,14-15,18H,5,8,11-13H2,1-4H3. The molecule has 0 bridgehead atoms. The highest BCUT2D eigenvalue weighted by Crippen LogP contribution is 2.32. The second kappa shape index (κ2) is 6.98. The zero-order chi connectivity index (χ0) is 14.5. The lowest BCUT2D eigenvalue weighted by molar-refractivity contribution is 0.470. The van der Waals surface area contributed by atoms with Gasteiger partial charge in [-0.1, -0.05) is 25.5 Å². The van der Waals surface area contributed by atoms with Gasteiger partial charge in [0.25, 0.3) is 0 Å². The molecule has 3 nitrogen and oxygen atoms in total. The van der Waals surface area contributed by atoms with Crippen LogP contribution in [0.4, 0.5) is 11.4 Å². The van der Waals surface area contributed by atoms with Crippen molar-refractivity contribution in [3.63, 3.8) is 0 Å². The van der Waals surface area contributed by atoms with Crippen molar-refractivity contribution in [2.75, 3.05) is 36.5 Å². The van der Waals surface area contributed by atoms with Crippen LogP contribution < -0.4 is 15.1 Å². The third-order valence-corrected chi connectivity index (χ3v) is 4.29. The zero-order valence-electron chi connectivity index (χ0n) is 13.4. The maximum absolute atomic E-state index is 3.67. The Bertz CT molecular complexity index is 418. The summed E-state index contributed by atoms with van der Waals surface area (Å²) in [5.41, 5.74) is 2.73. The van der Waals surface area contributed by atoms with Crippen LogP contribution in [0.25, 0.3) is 0 Å². The molecule has 0 saturated heterocycles. The molecule has 0 amide bonds. The number of anilines is 2. The molecule has 2 atom stereocenters. The van der Waals surface area contributed by atoms with Crippen molar-refractivity contribution in [1.29, 1.82) is 0 Å². The number of benzene rings is 1. The van der Waals surface area contributed by atoms with Gasteiger partial charge in [0, 0.05) is 38.8 Å². The molecule has 112 valence electrons. The summed E-state index contributed by atoms with van der Waals surface area (Å²) in [7, 11) is 2.18. The maximum atomic E-state index is 3.67. The van der Waals surface area contributed by atoms with Gasteiger partial charge in [-0.25, -0.2) is 0 Å². The highest BCUT2D eigenvalue weighted by atomic mass is 15.3. The van der Waals surface area contributed by atoms with Crippen LogP contribution in [0.15, 0.2) is 24.3 Å². The molecule has 3 heteroatoms. The number of para-hydroxylation sites is 2. The van der Waals surface area contributed by atoms with Crippen LogP contribution in [0.3, 0.4) is 0 Å². The molecule has 20 heavy (non-hydrogen) atoms. The topological polar surface area (TPSA) is 18.5 Å². The van der Waals surface area contributed by atoms with Crippen molar-refractivity contribution in [2.45, 2.75) is 45.7 Å². The fraction of sp³-hybridized carbons (Fsp3) is 0.647. The Balaban J connectivity index is 2.00. The Morgan fingerprint density at radius 2 is 1.85 bits per heavy atom. The first-order chi connectivity index (χ1) is 9.63. The molecule has 0 aliphatic carbocycles. The molecule has 0 spiro atoms. The molecule has 1 aromatic rings. The van der Waals surface area contributed by atoms with Crippen molar-refractivity contribution in [1.82, 2.24) is 5.32 Å². The minimum absolute atomic E-state index is 0.532. The van der Waals surface area contributed by atoms with Gasteiger partial charge < -0.3 is 15.1 Å². The highest BCUT2D eigenvalue weighted by molar-refractivity contribution is 5.73. The van der Waals surface area contributed by atoms with Crippen molar-refractivity contribution in [3.8, 4) is 0 Å². The molecule has 0 radical (unpaired) electrons. The minimum Gasteiger partial charge on any atom is -0.371 e. The molecular weight excluding hydrogens is 246 g/mol. The van der Waals surface area contributed by atoms with Gasteiger partial charge in [-0.15, -0.1) is 0 Å². The molecule has 2 unspecified atom stereocenters. The van der Waals surface area contributed by atoms with Crippen molar-refractivity contribution >= 4 is 11.4 Å². The van der Waals surface area contributed by atoms with E-state index in [4.69, 9.17) is 0 Å². The number of fused-ring (bicyclic) bond motifs is 1. The van der Waals surface area contributed by atoms with E-state index in [1.807, 2.05) is 0 Å². The van der Waals surface area contributed by atoms with Crippen molar-refractivity contribution in [2.24, 2.45) is 0 Å². The van der Waals surface area contributed by atoms with E-state index in [0.29, 0.717) is 12.1 Å². The predicted octanol–water partition coefficient (Wildman–Crippen LogP) is 3.11. The van der Waals surface area contributed by atoms with Crippen LogP contribution in [0.1, 0.15) is 33.6 Å². The van der Waals surface area contributed by atoms with Crippen molar-refractivity contribution in [3.05, 3.63) is 24.3 Å². The third kappa shape index (κ3) is 3.45. The van der Waals surface area contributed by atoms with E-state index in [1.54, 1.807) is 0 Å². The van der Waals surface area contributed by atoms with Gasteiger partial charge in [-0.05, 0) is 32.4 Å². The van der Waals surface area contributed by atoms with E-state index in [2.05, 4.69) is 67.2 Å². The molecule has 1 aliphatic rings. The quantitative estimate of drug-likeness (QED) is 0.860. The lowest BCUT2D eigenvalue weighted by Crippen LogP contribution is -2.48. The fourth-order valence-corrected chi connectivity index (χ4v) is 3.00. The second-order valence-corrected chi connectivity index (χ2v) is 6.05. The van der Waals surface area contributed by atoms with Crippen LogP contribution in [0.2, 0.25) is 0 Å². The van der Waals surface area contributed by atoms with Gasteiger partial charge >= 0.3 is 0 Å². The Labute approximate surface area is 124 Å². The number of likely N-dealkylation sites (N-methyl/N-ethyl adjacent to an activating group) is 1. The molecular formula is C17H29N3. The van der Waals surface area contributed by atoms with Crippen LogP contribution in [0.5, 0.6) is 0 Å². The number of nitrogens with zero attached hydrogens (tertiary/aromatic N) is 2. The largest absolute Gasteiger partial charge is 0.371 e. The summed E-state index contributed by atoms with van der Waals surface area (Å²) in [4.78, 5) is 4.90. The normalized spacial score (nSPS) is 17.8. The summed E-state index contributed by atoms with van der Waals surface area (Å²) in [5.74, 6) is 0. The van der Waals surface area contributed by atoms with Gasteiger partial charge in [0.2, 0.25) is 0 Å². The van der Waals surface area contributed by atoms with E-state index in [1.165, 1.54) is 24.2 Å². The van der Waals surface area contributed by atoms with Crippen LogP contribution >= 0.6 is 0 Å². The first kappa shape index (κ1) is 15.2. The van der Waals surface area contributed by atoms with E-state index in [9.17, 15) is 0 Å². The van der Waals surface area contributed by atoms with Gasteiger partial charge in [0.1, 0.15) is 0 Å². The van der Waals surface area contributed by atoms with E-state index < -0.39 is 0 Å². The summed E-state index contributed by atoms with van der Waals surface area (Å²) in [6, 6.07) is 9.89. The summed E-state index contributed by atoms with van der Waals surface area (Å²) in [5, 5.41) is 3.67. The maximum Gasteiger partial charge on any atom is 0.0607 e. The summed E-state index contributed by atoms with van der Waals surface area (Å²) < 4.78 is 0. The summed E-state index contributed by atoms with van der Waals surface area (Å²) in [6.45, 7) is 10.1. The van der Waals surface area contributed by atoms with E-state index >= 15 is 0 Å². The molecule has 1 heterocycles. The molecule has 2 rings (SSSR count). The summed E-state index contributed by atoms with van der Waals surface area (Å²) in [6.07, 6.45) is 2.51. The number of nitrogens with one attached hydrogen (secondary N) is 1. The highest BCUT2D eigenvalue weighted by Gasteiger charge is 2.23. The molecule has 1 N–H and O–H groups in total. The van der Waals surface area contributed by atoms with Crippen LogP contribution in [-0.2, 0) is 0 Å². The smallest absolute Gasteiger partial charge is 0.0607 e. The molecule has 1 aromatic carbocycles. The first-order valence-electron chi connectivity index (χ1n) is 7.93. The third-order valence-electron chi connectivity index (χ3n) is 4.29. The zero-order valence-corrected chi connectivity index (χ0v) is 13.4. The van der Waals surface area contributed by atoms with Crippen LogP contribution in [0, 0.1) is 0 Å². The van der Waals surface area contributed by atoms with Gasteiger partial charge in [0.15, 0.2) is 0 Å². The fourth-order valence-electron chi connectivity index (χ4n) is 3.00. The average Bonchev–Trinajstić information content (AvgIpc) is 2.46. The molecule has 0 saturated carbocycles. The molecule has 0 aromatic heterocycles. The van der Waals surface area contributed by atoms with Crippen LogP contribution in [-0.4, -0.2) is 38.8 Å². The molecule has 0 fully saturated rings. The Kier molecular flexibility index (Phi) is 5.30. The van der Waals surface area contributed by atoms with Crippen molar-refractivity contribution < 1.29 is 0 Å². The number of hydrogen-bond donors (Lipinski definition) is 1.